The fourth-order valence-electron chi connectivity index (χ4n) is 2.20. The van der Waals surface area contributed by atoms with Gasteiger partial charge in [0.05, 0.1) is 17.1 Å². The maximum Gasteiger partial charge on any atom is 0.416 e. The molecule has 0 radical (unpaired) electrons. The number of sulfone groups is 1. The molecular weight excluding hydrogens is 374 g/mol. The summed E-state index contributed by atoms with van der Waals surface area (Å²) in [4.78, 5) is 11.8. The van der Waals surface area contributed by atoms with Crippen LogP contribution >= 0.6 is 0 Å². The van der Waals surface area contributed by atoms with Crippen molar-refractivity contribution in [3.05, 3.63) is 65.5 Å². The number of amides is 1. The molecule has 2 aromatic rings. The molecule has 26 heavy (non-hydrogen) atoms. The Kier molecular flexibility index (Phi) is 6.01. The lowest BCUT2D eigenvalue weighted by atomic mass is 10.1. The van der Waals surface area contributed by atoms with E-state index in [-0.39, 0.29) is 11.3 Å². The zero-order chi connectivity index (χ0) is 19.4. The van der Waals surface area contributed by atoms with Gasteiger partial charge in [-0.3, -0.25) is 4.79 Å². The van der Waals surface area contributed by atoms with Crippen molar-refractivity contribution in [1.29, 1.82) is 0 Å². The van der Waals surface area contributed by atoms with Crippen LogP contribution < -0.4 is 5.32 Å². The smallest absolute Gasteiger partial charge is 0.326 e. The molecule has 9 heteroatoms. The van der Waals surface area contributed by atoms with Crippen LogP contribution in [0.2, 0.25) is 0 Å². The quantitative estimate of drug-likeness (QED) is 0.765. The van der Waals surface area contributed by atoms with Gasteiger partial charge in [-0.25, -0.2) is 12.8 Å². The standard InChI is InChI=1S/C17H15F4NO3S/c18-14-5-2-6-15(10-14)22-16(23)7-8-26(24,25)11-12-3-1-4-13(9-12)17(19,20)21/h1-6,9-10H,7-8,11H2,(H,22,23). The number of hydrogen-bond acceptors (Lipinski definition) is 3. The van der Waals surface area contributed by atoms with Gasteiger partial charge in [-0.2, -0.15) is 13.2 Å². The van der Waals surface area contributed by atoms with E-state index in [1.165, 1.54) is 24.3 Å². The molecule has 0 aliphatic rings. The summed E-state index contributed by atoms with van der Waals surface area (Å²) < 4.78 is 75.1. The summed E-state index contributed by atoms with van der Waals surface area (Å²) in [5, 5.41) is 2.36. The first-order valence-corrected chi connectivity index (χ1v) is 9.29. The Balaban J connectivity index is 1.95. The molecule has 4 nitrogen and oxygen atoms in total. The highest BCUT2D eigenvalue weighted by atomic mass is 32.2. The minimum atomic E-state index is -4.56. The van der Waals surface area contributed by atoms with Crippen molar-refractivity contribution >= 4 is 21.4 Å². The van der Waals surface area contributed by atoms with Crippen LogP contribution in [0, 0.1) is 5.82 Å². The number of halogens is 4. The number of nitrogens with one attached hydrogen (secondary N) is 1. The summed E-state index contributed by atoms with van der Waals surface area (Å²) in [6.45, 7) is 0. The summed E-state index contributed by atoms with van der Waals surface area (Å²) in [6, 6.07) is 9.12. The highest BCUT2D eigenvalue weighted by Crippen LogP contribution is 2.29. The van der Waals surface area contributed by atoms with Crippen molar-refractivity contribution in [1.82, 2.24) is 0 Å². The molecule has 0 atom stereocenters. The van der Waals surface area contributed by atoms with E-state index in [0.29, 0.717) is 0 Å². The number of carbonyl (C=O) groups excluding carboxylic acids is 1. The fourth-order valence-corrected chi connectivity index (χ4v) is 3.53. The van der Waals surface area contributed by atoms with E-state index in [1.54, 1.807) is 0 Å². The van der Waals surface area contributed by atoms with Crippen molar-refractivity contribution in [2.24, 2.45) is 0 Å². The third-order valence-electron chi connectivity index (χ3n) is 3.39. The average Bonchev–Trinajstić information content (AvgIpc) is 2.52. The lowest BCUT2D eigenvalue weighted by molar-refractivity contribution is -0.137. The number of anilines is 1. The summed E-state index contributed by atoms with van der Waals surface area (Å²) in [5.74, 6) is -2.34. The lowest BCUT2D eigenvalue weighted by Crippen LogP contribution is -2.18. The minimum Gasteiger partial charge on any atom is -0.326 e. The van der Waals surface area contributed by atoms with Gasteiger partial charge in [0.1, 0.15) is 5.82 Å². The second-order valence-corrected chi connectivity index (χ2v) is 7.78. The number of rotatable bonds is 6. The third-order valence-corrected chi connectivity index (χ3v) is 4.99. The van der Waals surface area contributed by atoms with E-state index in [0.717, 1.165) is 24.3 Å². The first-order chi connectivity index (χ1) is 12.0. The van der Waals surface area contributed by atoms with E-state index >= 15 is 0 Å². The van der Waals surface area contributed by atoms with Crippen LogP contribution in [-0.4, -0.2) is 20.1 Å². The second-order valence-electron chi connectivity index (χ2n) is 5.60. The van der Waals surface area contributed by atoms with Gasteiger partial charge in [-0.1, -0.05) is 24.3 Å². The van der Waals surface area contributed by atoms with E-state index in [4.69, 9.17) is 0 Å². The van der Waals surface area contributed by atoms with Gasteiger partial charge >= 0.3 is 6.18 Å². The van der Waals surface area contributed by atoms with Gasteiger partial charge in [0.25, 0.3) is 0 Å². The SMILES string of the molecule is O=C(CCS(=O)(=O)Cc1cccc(C(F)(F)F)c1)Nc1cccc(F)c1. The number of carbonyl (C=O) groups is 1. The molecule has 0 aliphatic heterocycles. The predicted molar refractivity (Wildman–Crippen MR) is 88.6 cm³/mol. The molecule has 1 amide bonds. The maximum atomic E-state index is 13.0. The van der Waals surface area contributed by atoms with Gasteiger partial charge in [0, 0.05) is 12.1 Å². The molecule has 0 spiro atoms. The van der Waals surface area contributed by atoms with Gasteiger partial charge in [0.15, 0.2) is 9.84 Å². The summed E-state index contributed by atoms with van der Waals surface area (Å²) in [6.07, 6.45) is -4.96. The predicted octanol–water partition coefficient (Wildman–Crippen LogP) is 3.79. The Morgan fingerprint density at radius 1 is 1.04 bits per heavy atom. The highest BCUT2D eigenvalue weighted by molar-refractivity contribution is 7.90. The molecule has 0 unspecified atom stereocenters. The monoisotopic (exact) mass is 389 g/mol. The first-order valence-electron chi connectivity index (χ1n) is 7.47. The van der Waals surface area contributed by atoms with Crippen molar-refractivity contribution in [3.63, 3.8) is 0 Å². The van der Waals surface area contributed by atoms with Crippen molar-refractivity contribution in [2.45, 2.75) is 18.3 Å². The average molecular weight is 389 g/mol. The Hall–Kier alpha value is -2.42. The molecule has 140 valence electrons. The molecule has 0 saturated carbocycles. The number of hydrogen-bond donors (Lipinski definition) is 1. The van der Waals surface area contributed by atoms with Crippen LogP contribution in [0.1, 0.15) is 17.5 Å². The molecule has 0 heterocycles. The van der Waals surface area contributed by atoms with E-state index in [9.17, 15) is 30.8 Å². The normalized spacial score (nSPS) is 12.0. The Labute approximate surface area is 147 Å². The lowest BCUT2D eigenvalue weighted by Gasteiger charge is -2.09. The largest absolute Gasteiger partial charge is 0.416 e. The van der Waals surface area contributed by atoms with Crippen LogP contribution in [-0.2, 0) is 26.6 Å². The molecular formula is C17H15F4NO3S. The van der Waals surface area contributed by atoms with Crippen LogP contribution in [0.25, 0.3) is 0 Å². The number of alkyl halides is 3. The van der Waals surface area contributed by atoms with Gasteiger partial charge in [-0.15, -0.1) is 0 Å². The van der Waals surface area contributed by atoms with Crippen molar-refractivity contribution < 1.29 is 30.8 Å². The zero-order valence-electron chi connectivity index (χ0n) is 13.4. The third kappa shape index (κ3) is 6.14. The molecule has 2 aromatic carbocycles. The van der Waals surface area contributed by atoms with Gasteiger partial charge in [-0.05, 0) is 29.8 Å². The van der Waals surface area contributed by atoms with Crippen LogP contribution in [0.15, 0.2) is 48.5 Å². The minimum absolute atomic E-state index is 0.00892. The zero-order valence-corrected chi connectivity index (χ0v) is 14.2. The van der Waals surface area contributed by atoms with Gasteiger partial charge < -0.3 is 5.32 Å². The first kappa shape index (κ1) is 19.9. The van der Waals surface area contributed by atoms with E-state index in [1.807, 2.05) is 0 Å². The Morgan fingerprint density at radius 3 is 2.38 bits per heavy atom. The van der Waals surface area contributed by atoms with Crippen LogP contribution in [0.3, 0.4) is 0 Å². The highest BCUT2D eigenvalue weighted by Gasteiger charge is 2.30. The van der Waals surface area contributed by atoms with E-state index in [2.05, 4.69) is 5.32 Å². The Morgan fingerprint density at radius 2 is 1.73 bits per heavy atom. The molecule has 2 rings (SSSR count). The van der Waals surface area contributed by atoms with Crippen LogP contribution in [0.5, 0.6) is 0 Å². The van der Waals surface area contributed by atoms with Crippen molar-refractivity contribution in [2.75, 3.05) is 11.1 Å². The summed E-state index contributed by atoms with van der Waals surface area (Å²) in [7, 11) is -3.79. The molecule has 0 aromatic heterocycles. The molecule has 0 fully saturated rings. The molecule has 0 aliphatic carbocycles. The molecule has 0 saturated heterocycles. The van der Waals surface area contributed by atoms with E-state index < -0.39 is 51.2 Å². The number of benzene rings is 2. The molecule has 0 bridgehead atoms. The van der Waals surface area contributed by atoms with Gasteiger partial charge in [0.2, 0.25) is 5.91 Å². The van der Waals surface area contributed by atoms with Crippen LogP contribution in [0.4, 0.5) is 23.2 Å². The summed E-state index contributed by atoms with van der Waals surface area (Å²) >= 11 is 0. The van der Waals surface area contributed by atoms with Crippen molar-refractivity contribution in [3.8, 4) is 0 Å². The second kappa shape index (κ2) is 7.86. The fraction of sp³-hybridized carbons (Fsp3) is 0.235. The summed E-state index contributed by atoms with van der Waals surface area (Å²) in [5.41, 5.74) is -0.760. The maximum absolute atomic E-state index is 13.0. The molecule has 1 N–H and O–H groups in total. The Bertz CT molecular complexity index is 895. The topological polar surface area (TPSA) is 63.2 Å².